The van der Waals surface area contributed by atoms with Gasteiger partial charge >= 0.3 is 0 Å². The van der Waals surface area contributed by atoms with E-state index in [-0.39, 0.29) is 0 Å². The van der Waals surface area contributed by atoms with Crippen molar-refractivity contribution in [2.24, 2.45) is 5.84 Å². The Morgan fingerprint density at radius 2 is 2.36 bits per heavy atom. The van der Waals surface area contributed by atoms with Crippen molar-refractivity contribution in [3.05, 3.63) is 28.5 Å². The van der Waals surface area contributed by atoms with E-state index in [0.717, 1.165) is 11.3 Å². The Hall–Kier alpha value is -0.640. The van der Waals surface area contributed by atoms with E-state index < -0.39 is 0 Å². The molecule has 0 aromatic carbocycles. The zero-order chi connectivity index (χ0) is 8.27. The lowest BCUT2D eigenvalue weighted by Crippen LogP contribution is -2.21. The van der Waals surface area contributed by atoms with Gasteiger partial charge in [-0.05, 0) is 13.0 Å². The molecular formula is C7H10ClN3. The molecule has 1 heterocycles. The van der Waals surface area contributed by atoms with Gasteiger partial charge in [-0.3, -0.25) is 11.3 Å². The SMILES string of the molecule is Cc1ccc(CNN)c(Cl)n1. The molecule has 0 bridgehead atoms. The van der Waals surface area contributed by atoms with Crippen LogP contribution in [0, 0.1) is 6.92 Å². The topological polar surface area (TPSA) is 50.9 Å². The predicted octanol–water partition coefficient (Wildman–Crippen LogP) is 1.01. The average molecular weight is 172 g/mol. The molecule has 0 spiro atoms. The van der Waals surface area contributed by atoms with E-state index >= 15 is 0 Å². The molecule has 11 heavy (non-hydrogen) atoms. The fourth-order valence-electron chi connectivity index (χ4n) is 0.796. The minimum absolute atomic E-state index is 0.517. The van der Waals surface area contributed by atoms with Crippen molar-refractivity contribution in [1.29, 1.82) is 0 Å². The van der Waals surface area contributed by atoms with Gasteiger partial charge in [0.1, 0.15) is 5.15 Å². The third-order valence-electron chi connectivity index (χ3n) is 1.36. The molecule has 0 amide bonds. The lowest BCUT2D eigenvalue weighted by molar-refractivity contribution is 0.738. The Morgan fingerprint density at radius 1 is 1.64 bits per heavy atom. The number of aryl methyl sites for hydroxylation is 1. The summed E-state index contributed by atoms with van der Waals surface area (Å²) in [5, 5.41) is 0.517. The molecule has 0 fully saturated rings. The summed E-state index contributed by atoms with van der Waals surface area (Å²) in [7, 11) is 0. The zero-order valence-electron chi connectivity index (χ0n) is 6.26. The number of nitrogens with zero attached hydrogens (tertiary/aromatic N) is 1. The Morgan fingerprint density at radius 3 is 2.91 bits per heavy atom. The lowest BCUT2D eigenvalue weighted by Gasteiger charge is -2.02. The van der Waals surface area contributed by atoms with Crippen molar-refractivity contribution < 1.29 is 0 Å². The fourth-order valence-corrected chi connectivity index (χ4v) is 1.06. The molecule has 4 heteroatoms. The van der Waals surface area contributed by atoms with Crippen molar-refractivity contribution in [2.75, 3.05) is 0 Å². The van der Waals surface area contributed by atoms with Crippen molar-refractivity contribution in [3.8, 4) is 0 Å². The first-order valence-corrected chi connectivity index (χ1v) is 3.67. The van der Waals surface area contributed by atoms with Crippen LogP contribution in [0.5, 0.6) is 0 Å². The molecule has 60 valence electrons. The van der Waals surface area contributed by atoms with Crippen LogP contribution < -0.4 is 11.3 Å². The van der Waals surface area contributed by atoms with Crippen molar-refractivity contribution >= 4 is 11.6 Å². The van der Waals surface area contributed by atoms with Crippen LogP contribution in [-0.4, -0.2) is 4.98 Å². The van der Waals surface area contributed by atoms with E-state index in [1.807, 2.05) is 19.1 Å². The zero-order valence-corrected chi connectivity index (χ0v) is 7.02. The maximum absolute atomic E-state index is 5.80. The number of hydrogen-bond acceptors (Lipinski definition) is 3. The second-order valence-electron chi connectivity index (χ2n) is 2.28. The molecule has 0 aliphatic heterocycles. The van der Waals surface area contributed by atoms with Gasteiger partial charge in [-0.1, -0.05) is 17.7 Å². The Balaban J connectivity index is 2.90. The van der Waals surface area contributed by atoms with Gasteiger partial charge in [0.25, 0.3) is 0 Å². The number of halogens is 1. The molecule has 3 N–H and O–H groups in total. The standard InChI is InChI=1S/C7H10ClN3/c1-5-2-3-6(4-10-9)7(8)11-5/h2-3,10H,4,9H2,1H3. The highest BCUT2D eigenvalue weighted by atomic mass is 35.5. The molecule has 0 saturated heterocycles. The van der Waals surface area contributed by atoms with Gasteiger partial charge in [0.15, 0.2) is 0 Å². The predicted molar refractivity (Wildman–Crippen MR) is 45.0 cm³/mol. The van der Waals surface area contributed by atoms with Crippen molar-refractivity contribution in [2.45, 2.75) is 13.5 Å². The Kier molecular flexibility index (Phi) is 2.82. The van der Waals surface area contributed by atoms with Gasteiger partial charge in [0.05, 0.1) is 0 Å². The number of hydrazine groups is 1. The van der Waals surface area contributed by atoms with Gasteiger partial charge in [-0.25, -0.2) is 4.98 Å². The Bertz CT molecular complexity index is 249. The van der Waals surface area contributed by atoms with Crippen LogP contribution in [0.25, 0.3) is 0 Å². The summed E-state index contributed by atoms with van der Waals surface area (Å²) in [5.41, 5.74) is 4.35. The molecule has 3 nitrogen and oxygen atoms in total. The molecular weight excluding hydrogens is 162 g/mol. The minimum atomic E-state index is 0.517. The number of nitrogens with two attached hydrogens (primary N) is 1. The van der Waals surface area contributed by atoms with E-state index in [9.17, 15) is 0 Å². The van der Waals surface area contributed by atoms with E-state index in [0.29, 0.717) is 11.7 Å². The van der Waals surface area contributed by atoms with Crippen LogP contribution >= 0.6 is 11.6 Å². The first kappa shape index (κ1) is 8.46. The summed E-state index contributed by atoms with van der Waals surface area (Å²) < 4.78 is 0. The van der Waals surface area contributed by atoms with E-state index in [1.165, 1.54) is 0 Å². The van der Waals surface area contributed by atoms with Gasteiger partial charge in [-0.15, -0.1) is 0 Å². The maximum Gasteiger partial charge on any atom is 0.133 e. The first-order chi connectivity index (χ1) is 5.24. The normalized spacial score (nSPS) is 10.1. The number of nitrogens with one attached hydrogen (secondary N) is 1. The lowest BCUT2D eigenvalue weighted by atomic mass is 10.2. The van der Waals surface area contributed by atoms with Crippen LogP contribution in [0.15, 0.2) is 12.1 Å². The number of pyridine rings is 1. The van der Waals surface area contributed by atoms with Crippen LogP contribution in [-0.2, 0) is 6.54 Å². The molecule has 1 rings (SSSR count). The van der Waals surface area contributed by atoms with Crippen LogP contribution in [0.2, 0.25) is 5.15 Å². The van der Waals surface area contributed by atoms with Gasteiger partial charge in [0.2, 0.25) is 0 Å². The number of hydrogen-bond donors (Lipinski definition) is 2. The molecule has 0 radical (unpaired) electrons. The van der Waals surface area contributed by atoms with Crippen molar-refractivity contribution in [3.63, 3.8) is 0 Å². The van der Waals surface area contributed by atoms with Crippen molar-refractivity contribution in [1.82, 2.24) is 10.4 Å². The second-order valence-corrected chi connectivity index (χ2v) is 2.64. The summed E-state index contributed by atoms with van der Waals surface area (Å²) in [6, 6.07) is 3.81. The minimum Gasteiger partial charge on any atom is -0.271 e. The maximum atomic E-state index is 5.80. The van der Waals surface area contributed by atoms with Gasteiger partial charge < -0.3 is 0 Å². The van der Waals surface area contributed by atoms with Crippen LogP contribution in [0.4, 0.5) is 0 Å². The third kappa shape index (κ3) is 2.15. The fraction of sp³-hybridized carbons (Fsp3) is 0.286. The summed E-state index contributed by atoms with van der Waals surface area (Å²) in [5.74, 6) is 5.13. The molecule has 1 aromatic rings. The molecule has 0 atom stereocenters. The van der Waals surface area contributed by atoms with E-state index in [2.05, 4.69) is 10.4 Å². The van der Waals surface area contributed by atoms with Crippen LogP contribution in [0.3, 0.4) is 0 Å². The molecule has 0 saturated carbocycles. The van der Waals surface area contributed by atoms with E-state index in [4.69, 9.17) is 17.4 Å². The summed E-state index contributed by atoms with van der Waals surface area (Å²) >= 11 is 5.80. The number of rotatable bonds is 2. The molecule has 0 aliphatic carbocycles. The molecule has 0 unspecified atom stereocenters. The smallest absolute Gasteiger partial charge is 0.133 e. The first-order valence-electron chi connectivity index (χ1n) is 3.29. The molecule has 0 aliphatic rings. The highest BCUT2D eigenvalue weighted by Gasteiger charge is 1.99. The van der Waals surface area contributed by atoms with Gasteiger partial charge in [-0.2, -0.15) is 0 Å². The third-order valence-corrected chi connectivity index (χ3v) is 1.68. The summed E-state index contributed by atoms with van der Waals surface area (Å²) in [6.07, 6.45) is 0. The molecule has 1 aromatic heterocycles. The summed E-state index contributed by atoms with van der Waals surface area (Å²) in [4.78, 5) is 4.06. The van der Waals surface area contributed by atoms with E-state index in [1.54, 1.807) is 0 Å². The number of aromatic nitrogens is 1. The van der Waals surface area contributed by atoms with Gasteiger partial charge in [0, 0.05) is 17.8 Å². The quantitative estimate of drug-likeness (QED) is 0.397. The second kappa shape index (κ2) is 3.67. The summed E-state index contributed by atoms with van der Waals surface area (Å²) in [6.45, 7) is 2.44. The largest absolute Gasteiger partial charge is 0.271 e. The Labute approximate surface area is 70.5 Å². The highest BCUT2D eigenvalue weighted by Crippen LogP contribution is 2.12. The average Bonchev–Trinajstić information content (AvgIpc) is 1.95. The van der Waals surface area contributed by atoms with Crippen LogP contribution in [0.1, 0.15) is 11.3 Å². The monoisotopic (exact) mass is 171 g/mol. The highest BCUT2D eigenvalue weighted by molar-refractivity contribution is 6.30.